The van der Waals surface area contributed by atoms with Crippen LogP contribution in [0, 0.1) is 0 Å². The predicted octanol–water partition coefficient (Wildman–Crippen LogP) is 0.355. The van der Waals surface area contributed by atoms with Crippen LogP contribution >= 0.6 is 0 Å². The van der Waals surface area contributed by atoms with Crippen molar-refractivity contribution in [3.8, 4) is 5.75 Å². The van der Waals surface area contributed by atoms with Gasteiger partial charge in [-0.3, -0.25) is 0 Å². The lowest BCUT2D eigenvalue weighted by atomic mass is 10.0. The molecule has 1 aromatic carbocycles. The fourth-order valence-electron chi connectivity index (χ4n) is 1.11. The van der Waals surface area contributed by atoms with Gasteiger partial charge in [-0.25, -0.2) is 0 Å². The lowest BCUT2D eigenvalue weighted by molar-refractivity contribution is 0.164. The number of benzene rings is 1. The van der Waals surface area contributed by atoms with E-state index in [0.29, 0.717) is 11.3 Å². The molecular weight excluding hydrogens is 168 g/mol. The summed E-state index contributed by atoms with van der Waals surface area (Å²) in [5, 5.41) is 18.4. The van der Waals surface area contributed by atoms with E-state index in [9.17, 15) is 10.2 Å². The fraction of sp³-hybridized carbons (Fsp3) is 0.333. The molecule has 0 saturated heterocycles. The smallest absolute Gasteiger partial charge is 0.116 e. The van der Waals surface area contributed by atoms with Crippen molar-refractivity contribution < 1.29 is 10.2 Å². The van der Waals surface area contributed by atoms with Crippen molar-refractivity contribution in [2.45, 2.75) is 19.1 Å². The van der Waals surface area contributed by atoms with Crippen molar-refractivity contribution in [1.29, 1.82) is 0 Å². The number of nitrogen functional groups attached to an aromatic ring is 1. The molecule has 1 unspecified atom stereocenters. The van der Waals surface area contributed by atoms with Crippen LogP contribution in [0.4, 0.5) is 5.69 Å². The van der Waals surface area contributed by atoms with E-state index in [1.807, 2.05) is 0 Å². The Bertz CT molecular complexity index is 300. The molecule has 4 nitrogen and oxygen atoms in total. The van der Waals surface area contributed by atoms with Crippen molar-refractivity contribution in [3.63, 3.8) is 0 Å². The second kappa shape index (κ2) is 3.64. The van der Waals surface area contributed by atoms with Gasteiger partial charge in [-0.2, -0.15) is 0 Å². The molecule has 4 heteroatoms. The predicted molar refractivity (Wildman–Crippen MR) is 51.1 cm³/mol. The number of hydrogen-bond acceptors (Lipinski definition) is 4. The van der Waals surface area contributed by atoms with Crippen LogP contribution in [0.3, 0.4) is 0 Å². The summed E-state index contributed by atoms with van der Waals surface area (Å²) in [5.74, 6) is 0.0975. The molecule has 0 aromatic heterocycles. The van der Waals surface area contributed by atoms with Crippen molar-refractivity contribution >= 4 is 5.69 Å². The summed E-state index contributed by atoms with van der Waals surface area (Å²) in [6.45, 7) is 1.58. The summed E-state index contributed by atoms with van der Waals surface area (Å²) in [6, 6.07) is 3.94. The lowest BCUT2D eigenvalue weighted by Crippen LogP contribution is -2.24. The van der Waals surface area contributed by atoms with Gasteiger partial charge in [-0.15, -0.1) is 0 Å². The molecule has 1 aromatic rings. The Kier molecular flexibility index (Phi) is 2.75. The Morgan fingerprint density at radius 2 is 2.00 bits per heavy atom. The zero-order chi connectivity index (χ0) is 10.0. The number of nitrogens with two attached hydrogens (primary N) is 2. The van der Waals surface area contributed by atoms with E-state index in [-0.39, 0.29) is 5.75 Å². The van der Waals surface area contributed by atoms with Gasteiger partial charge < -0.3 is 21.7 Å². The summed E-state index contributed by atoms with van der Waals surface area (Å²) in [7, 11) is 0. The summed E-state index contributed by atoms with van der Waals surface area (Å²) in [5.41, 5.74) is 12.3. The maximum absolute atomic E-state index is 9.23. The average molecular weight is 182 g/mol. The highest BCUT2D eigenvalue weighted by atomic mass is 16.3. The fourth-order valence-corrected chi connectivity index (χ4v) is 1.11. The number of aliphatic hydroxyl groups excluding tert-OH is 1. The van der Waals surface area contributed by atoms with E-state index in [4.69, 9.17) is 11.5 Å². The highest BCUT2D eigenvalue weighted by molar-refractivity contribution is 5.51. The van der Waals surface area contributed by atoms with E-state index in [1.54, 1.807) is 13.0 Å². The van der Waals surface area contributed by atoms with Crippen LogP contribution in [-0.4, -0.2) is 16.3 Å². The largest absolute Gasteiger partial charge is 0.508 e. The molecule has 0 amide bonds. The third kappa shape index (κ3) is 2.11. The van der Waals surface area contributed by atoms with Crippen molar-refractivity contribution in [2.75, 3.05) is 5.73 Å². The minimum absolute atomic E-state index is 0.0975. The van der Waals surface area contributed by atoms with Crippen molar-refractivity contribution in [2.24, 2.45) is 5.73 Å². The summed E-state index contributed by atoms with van der Waals surface area (Å²) < 4.78 is 0. The SMILES string of the molecule is CC(O)[C@@H](N)c1cc(O)ccc1N. The zero-order valence-electron chi connectivity index (χ0n) is 7.44. The van der Waals surface area contributed by atoms with E-state index < -0.39 is 12.1 Å². The number of hydrogen-bond donors (Lipinski definition) is 4. The molecule has 0 saturated carbocycles. The summed E-state index contributed by atoms with van der Waals surface area (Å²) >= 11 is 0. The number of anilines is 1. The number of phenolic OH excluding ortho intramolecular Hbond substituents is 1. The summed E-state index contributed by atoms with van der Waals surface area (Å²) in [4.78, 5) is 0. The molecule has 2 atom stereocenters. The standard InChI is InChI=1S/C9H14N2O2/c1-5(12)9(11)7-4-6(13)2-3-8(7)10/h2-5,9,12-13H,10-11H2,1H3/t5?,9-/m1/s1. The van der Waals surface area contributed by atoms with Crippen LogP contribution < -0.4 is 11.5 Å². The van der Waals surface area contributed by atoms with Gasteiger partial charge in [0.05, 0.1) is 12.1 Å². The Labute approximate surface area is 76.8 Å². The number of aliphatic hydroxyl groups is 1. The third-order valence-corrected chi connectivity index (χ3v) is 1.95. The van der Waals surface area contributed by atoms with E-state index >= 15 is 0 Å². The third-order valence-electron chi connectivity index (χ3n) is 1.95. The van der Waals surface area contributed by atoms with Gasteiger partial charge in [-0.1, -0.05) is 0 Å². The van der Waals surface area contributed by atoms with Crippen LogP contribution in [0.1, 0.15) is 18.5 Å². The lowest BCUT2D eigenvalue weighted by Gasteiger charge is -2.17. The monoisotopic (exact) mass is 182 g/mol. The molecule has 0 heterocycles. The van der Waals surface area contributed by atoms with Crippen molar-refractivity contribution in [3.05, 3.63) is 23.8 Å². The molecular formula is C9H14N2O2. The molecule has 0 spiro atoms. The van der Waals surface area contributed by atoms with Crippen LogP contribution in [0.5, 0.6) is 5.75 Å². The number of aromatic hydroxyl groups is 1. The van der Waals surface area contributed by atoms with E-state index in [1.165, 1.54) is 12.1 Å². The molecule has 0 radical (unpaired) electrons. The quantitative estimate of drug-likeness (QED) is 0.392. The van der Waals surface area contributed by atoms with Crippen LogP contribution in [0.25, 0.3) is 0 Å². The second-order valence-electron chi connectivity index (χ2n) is 3.08. The molecule has 72 valence electrons. The van der Waals surface area contributed by atoms with Gasteiger partial charge in [0.25, 0.3) is 0 Å². The highest BCUT2D eigenvalue weighted by Crippen LogP contribution is 2.25. The van der Waals surface area contributed by atoms with Gasteiger partial charge in [0.2, 0.25) is 0 Å². The van der Waals surface area contributed by atoms with Crippen LogP contribution in [0.2, 0.25) is 0 Å². The molecule has 13 heavy (non-hydrogen) atoms. The molecule has 0 aliphatic heterocycles. The Morgan fingerprint density at radius 1 is 1.38 bits per heavy atom. The molecule has 0 aliphatic rings. The number of rotatable bonds is 2. The Hall–Kier alpha value is -1.26. The summed E-state index contributed by atoms with van der Waals surface area (Å²) in [6.07, 6.45) is -0.691. The Balaban J connectivity index is 3.05. The minimum atomic E-state index is -0.691. The molecule has 0 fully saturated rings. The van der Waals surface area contributed by atoms with Gasteiger partial charge in [-0.05, 0) is 30.7 Å². The van der Waals surface area contributed by atoms with Gasteiger partial charge in [0, 0.05) is 5.69 Å². The minimum Gasteiger partial charge on any atom is -0.508 e. The van der Waals surface area contributed by atoms with Crippen molar-refractivity contribution in [1.82, 2.24) is 0 Å². The normalized spacial score (nSPS) is 15.3. The van der Waals surface area contributed by atoms with Gasteiger partial charge in [0.15, 0.2) is 0 Å². The van der Waals surface area contributed by atoms with Crippen LogP contribution in [-0.2, 0) is 0 Å². The number of phenols is 1. The van der Waals surface area contributed by atoms with E-state index in [2.05, 4.69) is 0 Å². The average Bonchev–Trinajstić information content (AvgIpc) is 2.08. The maximum Gasteiger partial charge on any atom is 0.116 e. The topological polar surface area (TPSA) is 92.5 Å². The maximum atomic E-state index is 9.23. The van der Waals surface area contributed by atoms with Gasteiger partial charge in [0.1, 0.15) is 5.75 Å². The zero-order valence-corrected chi connectivity index (χ0v) is 7.44. The molecule has 6 N–H and O–H groups in total. The highest BCUT2D eigenvalue weighted by Gasteiger charge is 2.15. The van der Waals surface area contributed by atoms with E-state index in [0.717, 1.165) is 0 Å². The second-order valence-corrected chi connectivity index (χ2v) is 3.08. The van der Waals surface area contributed by atoms with Gasteiger partial charge >= 0.3 is 0 Å². The molecule has 0 aliphatic carbocycles. The molecule has 1 rings (SSSR count). The first-order valence-electron chi connectivity index (χ1n) is 4.04. The van der Waals surface area contributed by atoms with Crippen LogP contribution in [0.15, 0.2) is 18.2 Å². The Morgan fingerprint density at radius 3 is 2.54 bits per heavy atom. The first kappa shape index (κ1) is 9.83. The molecule has 0 bridgehead atoms. The first-order valence-corrected chi connectivity index (χ1v) is 4.04. The first-order chi connectivity index (χ1) is 6.02.